The number of nitrogens with zero attached hydrogens (tertiary/aromatic N) is 2. The number of ketones is 1. The number of imidazole rings is 1. The molecule has 1 aromatic rings. The molecule has 0 saturated heterocycles. The molecule has 0 aliphatic carbocycles. The van der Waals surface area contributed by atoms with E-state index in [1.807, 2.05) is 10.8 Å². The molecule has 0 bridgehead atoms. The van der Waals surface area contributed by atoms with Crippen LogP contribution in [0.2, 0.25) is 0 Å². The number of hydrogen-bond donors (Lipinski definition) is 0. The molecule has 1 aromatic heterocycles. The van der Waals surface area contributed by atoms with Gasteiger partial charge in [-0.1, -0.05) is 58.3 Å². The van der Waals surface area contributed by atoms with E-state index in [0.29, 0.717) is 18.6 Å². The van der Waals surface area contributed by atoms with Gasteiger partial charge in [0.05, 0.1) is 6.42 Å². The van der Waals surface area contributed by atoms with Gasteiger partial charge in [0.15, 0.2) is 0 Å². The van der Waals surface area contributed by atoms with E-state index in [0.717, 1.165) is 18.8 Å². The maximum absolute atomic E-state index is 11.9. The lowest BCUT2D eigenvalue weighted by molar-refractivity contribution is -0.118. The Morgan fingerprint density at radius 1 is 1.00 bits per heavy atom. The van der Waals surface area contributed by atoms with Crippen molar-refractivity contribution in [2.24, 2.45) is 0 Å². The molecule has 0 amide bonds. The standard InChI is InChI=1S/C18H32N2O/c1-3-5-6-7-8-9-10-11-12-13-17(21)16-18-19-14-15-20(18)4-2/h14-15H,3-13,16H2,1-2H3. The quantitative estimate of drug-likeness (QED) is 0.483. The number of rotatable bonds is 13. The third-order valence-corrected chi connectivity index (χ3v) is 4.06. The van der Waals surface area contributed by atoms with Crippen LogP contribution in [0.15, 0.2) is 12.4 Å². The molecular weight excluding hydrogens is 260 g/mol. The van der Waals surface area contributed by atoms with Gasteiger partial charge < -0.3 is 4.57 Å². The van der Waals surface area contributed by atoms with Gasteiger partial charge in [0.25, 0.3) is 0 Å². The van der Waals surface area contributed by atoms with Crippen LogP contribution in [0.1, 0.15) is 83.9 Å². The minimum Gasteiger partial charge on any atom is -0.335 e. The summed E-state index contributed by atoms with van der Waals surface area (Å²) in [6.45, 7) is 5.22. The van der Waals surface area contributed by atoms with Crippen molar-refractivity contribution in [3.63, 3.8) is 0 Å². The smallest absolute Gasteiger partial charge is 0.140 e. The lowest BCUT2D eigenvalue weighted by Crippen LogP contribution is -2.09. The largest absolute Gasteiger partial charge is 0.335 e. The van der Waals surface area contributed by atoms with E-state index in [-0.39, 0.29) is 0 Å². The Morgan fingerprint density at radius 3 is 2.24 bits per heavy atom. The van der Waals surface area contributed by atoms with Gasteiger partial charge in [-0.05, 0) is 13.3 Å². The van der Waals surface area contributed by atoms with Crippen molar-refractivity contribution in [1.29, 1.82) is 0 Å². The highest BCUT2D eigenvalue weighted by Crippen LogP contribution is 2.11. The third kappa shape index (κ3) is 8.03. The molecule has 21 heavy (non-hydrogen) atoms. The molecule has 0 spiro atoms. The number of hydrogen-bond acceptors (Lipinski definition) is 2. The van der Waals surface area contributed by atoms with E-state index in [2.05, 4.69) is 18.8 Å². The van der Waals surface area contributed by atoms with Crippen molar-refractivity contribution >= 4 is 5.78 Å². The predicted molar refractivity (Wildman–Crippen MR) is 88.5 cm³/mol. The topological polar surface area (TPSA) is 34.9 Å². The minimum atomic E-state index is 0.332. The summed E-state index contributed by atoms with van der Waals surface area (Å²) >= 11 is 0. The average molecular weight is 292 g/mol. The summed E-state index contributed by atoms with van der Waals surface area (Å²) in [4.78, 5) is 16.2. The molecule has 0 N–H and O–H groups in total. The molecule has 0 fully saturated rings. The fraction of sp³-hybridized carbons (Fsp3) is 0.778. The molecule has 0 saturated carbocycles. The Hall–Kier alpha value is -1.12. The highest BCUT2D eigenvalue weighted by molar-refractivity contribution is 5.80. The van der Waals surface area contributed by atoms with Crippen molar-refractivity contribution in [3.05, 3.63) is 18.2 Å². The molecule has 3 nitrogen and oxygen atoms in total. The van der Waals surface area contributed by atoms with E-state index >= 15 is 0 Å². The summed E-state index contributed by atoms with van der Waals surface area (Å²) in [6.07, 6.45) is 16.6. The summed E-state index contributed by atoms with van der Waals surface area (Å²) in [5.41, 5.74) is 0. The Morgan fingerprint density at radius 2 is 1.62 bits per heavy atom. The molecule has 0 atom stereocenters. The molecule has 1 rings (SSSR count). The number of aryl methyl sites for hydroxylation is 1. The number of Topliss-reactive ketones (excluding diaryl/α,β-unsaturated/α-hetero) is 1. The molecular formula is C18H32N2O. The molecule has 0 aromatic carbocycles. The van der Waals surface area contributed by atoms with Crippen LogP contribution < -0.4 is 0 Å². The summed E-state index contributed by atoms with van der Waals surface area (Å²) in [5, 5.41) is 0. The van der Waals surface area contributed by atoms with Gasteiger partial charge in [-0.25, -0.2) is 4.98 Å². The SMILES string of the molecule is CCCCCCCCCCCC(=O)Cc1nccn1CC. The monoisotopic (exact) mass is 292 g/mol. The molecule has 0 aliphatic heterocycles. The number of aromatic nitrogens is 2. The van der Waals surface area contributed by atoms with E-state index in [9.17, 15) is 4.79 Å². The van der Waals surface area contributed by atoms with Crippen LogP contribution in [0.25, 0.3) is 0 Å². The Balaban J connectivity index is 1.99. The van der Waals surface area contributed by atoms with Crippen LogP contribution >= 0.6 is 0 Å². The summed E-state index contributed by atoms with van der Waals surface area (Å²) in [6, 6.07) is 0. The zero-order chi connectivity index (χ0) is 15.3. The van der Waals surface area contributed by atoms with Crippen molar-refractivity contribution in [1.82, 2.24) is 9.55 Å². The normalized spacial score (nSPS) is 11.0. The number of carbonyl (C=O) groups is 1. The van der Waals surface area contributed by atoms with Crippen molar-refractivity contribution < 1.29 is 4.79 Å². The third-order valence-electron chi connectivity index (χ3n) is 4.06. The molecule has 0 unspecified atom stereocenters. The zero-order valence-electron chi connectivity index (χ0n) is 13.9. The van der Waals surface area contributed by atoms with E-state index in [1.165, 1.54) is 51.4 Å². The predicted octanol–water partition coefficient (Wildman–Crippen LogP) is 4.94. The van der Waals surface area contributed by atoms with Crippen molar-refractivity contribution in [3.8, 4) is 0 Å². The molecule has 0 aliphatic rings. The summed E-state index contributed by atoms with van der Waals surface area (Å²) < 4.78 is 2.05. The Kier molecular flexibility index (Phi) is 9.84. The second kappa shape index (κ2) is 11.5. The molecule has 1 heterocycles. The van der Waals surface area contributed by atoms with Gasteiger partial charge in [-0.15, -0.1) is 0 Å². The first kappa shape index (κ1) is 17.9. The first-order valence-corrected chi connectivity index (χ1v) is 8.79. The summed E-state index contributed by atoms with van der Waals surface area (Å²) in [7, 11) is 0. The second-order valence-corrected chi connectivity index (χ2v) is 5.92. The first-order chi connectivity index (χ1) is 10.3. The second-order valence-electron chi connectivity index (χ2n) is 5.92. The van der Waals surface area contributed by atoms with Gasteiger partial charge >= 0.3 is 0 Å². The Bertz CT molecular complexity index is 384. The maximum Gasteiger partial charge on any atom is 0.140 e. The van der Waals surface area contributed by atoms with Gasteiger partial charge in [0.2, 0.25) is 0 Å². The fourth-order valence-electron chi connectivity index (χ4n) is 2.69. The lowest BCUT2D eigenvalue weighted by atomic mass is 10.0. The van der Waals surface area contributed by atoms with Crippen LogP contribution in [-0.4, -0.2) is 15.3 Å². The highest BCUT2D eigenvalue weighted by Gasteiger charge is 2.08. The van der Waals surface area contributed by atoms with Gasteiger partial charge in [0, 0.05) is 25.4 Å². The van der Waals surface area contributed by atoms with E-state index < -0.39 is 0 Å². The van der Waals surface area contributed by atoms with Crippen molar-refractivity contribution in [2.75, 3.05) is 0 Å². The Labute approximate surface area is 130 Å². The summed E-state index contributed by atoms with van der Waals surface area (Å²) in [5.74, 6) is 1.25. The van der Waals surface area contributed by atoms with Crippen LogP contribution in [0.4, 0.5) is 0 Å². The molecule has 3 heteroatoms. The number of unbranched alkanes of at least 4 members (excludes halogenated alkanes) is 8. The van der Waals surface area contributed by atoms with Crippen molar-refractivity contribution in [2.45, 2.75) is 91.0 Å². The van der Waals surface area contributed by atoms with E-state index in [1.54, 1.807) is 6.20 Å². The zero-order valence-corrected chi connectivity index (χ0v) is 13.9. The maximum atomic E-state index is 11.9. The van der Waals surface area contributed by atoms with Crippen LogP contribution in [0.5, 0.6) is 0 Å². The fourth-order valence-corrected chi connectivity index (χ4v) is 2.69. The van der Waals surface area contributed by atoms with Gasteiger partial charge in [0.1, 0.15) is 11.6 Å². The van der Waals surface area contributed by atoms with Gasteiger partial charge in [-0.2, -0.15) is 0 Å². The highest BCUT2D eigenvalue weighted by atomic mass is 16.1. The van der Waals surface area contributed by atoms with E-state index in [4.69, 9.17) is 0 Å². The number of carbonyl (C=O) groups excluding carboxylic acids is 1. The molecule has 0 radical (unpaired) electrons. The minimum absolute atomic E-state index is 0.332. The van der Waals surface area contributed by atoms with Crippen LogP contribution in [0, 0.1) is 0 Å². The average Bonchev–Trinajstić information content (AvgIpc) is 2.92. The van der Waals surface area contributed by atoms with Crippen LogP contribution in [-0.2, 0) is 17.8 Å². The van der Waals surface area contributed by atoms with Gasteiger partial charge in [-0.3, -0.25) is 4.79 Å². The van der Waals surface area contributed by atoms with Crippen LogP contribution in [0.3, 0.4) is 0 Å². The lowest BCUT2D eigenvalue weighted by Gasteiger charge is -2.04. The first-order valence-electron chi connectivity index (χ1n) is 8.79. The molecule has 120 valence electrons.